The van der Waals surface area contributed by atoms with Gasteiger partial charge in [-0.15, -0.1) is 0 Å². The third-order valence-corrected chi connectivity index (χ3v) is 4.90. The molecule has 0 bridgehead atoms. The van der Waals surface area contributed by atoms with Crippen LogP contribution >= 0.6 is 0 Å². The van der Waals surface area contributed by atoms with Gasteiger partial charge in [-0.1, -0.05) is 30.3 Å². The topological polar surface area (TPSA) is 230 Å². The van der Waals surface area contributed by atoms with Crippen molar-refractivity contribution >= 4 is 35.3 Å². The van der Waals surface area contributed by atoms with E-state index in [9.17, 15) is 14.4 Å². The molecule has 2 atom stereocenters. The Bertz CT molecular complexity index is 1060. The third kappa shape index (κ3) is 9.42. The van der Waals surface area contributed by atoms with Gasteiger partial charge in [0, 0.05) is 18.5 Å². The first-order valence-corrected chi connectivity index (χ1v) is 10.8. The third-order valence-electron chi connectivity index (χ3n) is 4.90. The molecule has 12 nitrogen and oxygen atoms in total. The SMILES string of the molecule is NC(=O)[C@H](CCCN=C(N)N)NC(=O)[C@H](Cc1ccc(N=C(N)N)cc1)NC(=O)c1ccccc1. The predicted octanol–water partition coefficient (Wildman–Crippen LogP) is -1.04. The quantitative estimate of drug-likeness (QED) is 0.113. The summed E-state index contributed by atoms with van der Waals surface area (Å²) in [6.45, 7) is 0.276. The maximum absolute atomic E-state index is 13.1. The Balaban J connectivity index is 2.18. The number of carbonyl (C=O) groups is 3. The molecule has 186 valence electrons. The zero-order valence-corrected chi connectivity index (χ0v) is 19.2. The molecule has 0 aliphatic heterocycles. The van der Waals surface area contributed by atoms with Crippen molar-refractivity contribution in [2.45, 2.75) is 31.3 Å². The molecule has 0 saturated heterocycles. The second-order valence-electron chi connectivity index (χ2n) is 7.71. The summed E-state index contributed by atoms with van der Waals surface area (Å²) in [5.41, 5.74) is 28.5. The molecule has 0 aliphatic carbocycles. The highest BCUT2D eigenvalue weighted by molar-refractivity contribution is 5.98. The lowest BCUT2D eigenvalue weighted by Gasteiger charge is -2.22. The molecule has 0 unspecified atom stereocenters. The molecule has 12 heteroatoms. The molecular formula is C23H31N9O3. The number of primary amides is 1. The van der Waals surface area contributed by atoms with Crippen molar-refractivity contribution in [3.63, 3.8) is 0 Å². The highest BCUT2D eigenvalue weighted by Crippen LogP contribution is 2.14. The number of guanidine groups is 2. The fourth-order valence-corrected chi connectivity index (χ4v) is 3.19. The largest absolute Gasteiger partial charge is 0.370 e. The number of hydrogen-bond acceptors (Lipinski definition) is 5. The number of hydrogen-bond donors (Lipinski definition) is 7. The zero-order valence-electron chi connectivity index (χ0n) is 19.2. The van der Waals surface area contributed by atoms with E-state index in [-0.39, 0.29) is 31.3 Å². The van der Waals surface area contributed by atoms with Crippen molar-refractivity contribution in [2.24, 2.45) is 38.7 Å². The number of aliphatic imine (C=N–C) groups is 2. The van der Waals surface area contributed by atoms with Crippen LogP contribution in [0, 0.1) is 0 Å². The summed E-state index contributed by atoms with van der Waals surface area (Å²) in [6.07, 6.45) is 0.787. The van der Waals surface area contributed by atoms with Gasteiger partial charge in [0.25, 0.3) is 5.91 Å². The van der Waals surface area contributed by atoms with Crippen LogP contribution in [0.25, 0.3) is 0 Å². The molecule has 12 N–H and O–H groups in total. The van der Waals surface area contributed by atoms with Gasteiger partial charge in [-0.05, 0) is 42.7 Å². The van der Waals surface area contributed by atoms with Crippen molar-refractivity contribution in [3.8, 4) is 0 Å². The van der Waals surface area contributed by atoms with Crippen molar-refractivity contribution in [2.75, 3.05) is 6.54 Å². The van der Waals surface area contributed by atoms with E-state index >= 15 is 0 Å². The Morgan fingerprint density at radius 2 is 1.46 bits per heavy atom. The Morgan fingerprint density at radius 3 is 2.03 bits per heavy atom. The lowest BCUT2D eigenvalue weighted by Crippen LogP contribution is -2.53. The molecule has 0 fully saturated rings. The number of amides is 3. The van der Waals surface area contributed by atoms with E-state index in [1.807, 2.05) is 0 Å². The molecule has 0 radical (unpaired) electrons. The summed E-state index contributed by atoms with van der Waals surface area (Å²) in [5.74, 6) is -1.86. The Morgan fingerprint density at radius 1 is 0.800 bits per heavy atom. The lowest BCUT2D eigenvalue weighted by molar-refractivity contribution is -0.128. The van der Waals surface area contributed by atoms with E-state index in [0.29, 0.717) is 17.7 Å². The summed E-state index contributed by atoms with van der Waals surface area (Å²) in [5, 5.41) is 5.35. The van der Waals surface area contributed by atoms with Crippen LogP contribution in [-0.2, 0) is 16.0 Å². The van der Waals surface area contributed by atoms with E-state index in [1.54, 1.807) is 54.6 Å². The molecule has 0 saturated carbocycles. The van der Waals surface area contributed by atoms with Gasteiger partial charge < -0.3 is 39.3 Å². The summed E-state index contributed by atoms with van der Waals surface area (Å²) in [4.78, 5) is 45.6. The van der Waals surface area contributed by atoms with Crippen molar-refractivity contribution in [3.05, 3.63) is 65.7 Å². The minimum Gasteiger partial charge on any atom is -0.370 e. The molecule has 35 heavy (non-hydrogen) atoms. The Hall–Kier alpha value is -4.61. The Kier molecular flexibility index (Phi) is 10.0. The van der Waals surface area contributed by atoms with Gasteiger partial charge in [0.1, 0.15) is 12.1 Å². The van der Waals surface area contributed by atoms with Crippen LogP contribution in [0.5, 0.6) is 0 Å². The van der Waals surface area contributed by atoms with Crippen LogP contribution in [0.4, 0.5) is 5.69 Å². The van der Waals surface area contributed by atoms with Gasteiger partial charge >= 0.3 is 0 Å². The molecule has 2 rings (SSSR count). The first kappa shape index (κ1) is 26.6. The predicted molar refractivity (Wildman–Crippen MR) is 134 cm³/mol. The minimum absolute atomic E-state index is 0.0702. The van der Waals surface area contributed by atoms with Gasteiger partial charge in [0.15, 0.2) is 11.9 Å². The van der Waals surface area contributed by atoms with Crippen molar-refractivity contribution in [1.82, 2.24) is 10.6 Å². The van der Waals surface area contributed by atoms with Crippen LogP contribution in [0.2, 0.25) is 0 Å². The molecule has 0 aliphatic rings. The maximum atomic E-state index is 13.1. The number of nitrogens with two attached hydrogens (primary N) is 5. The van der Waals surface area contributed by atoms with Crippen molar-refractivity contribution < 1.29 is 14.4 Å². The molecule has 0 aromatic heterocycles. The molecule has 3 amide bonds. The first-order chi connectivity index (χ1) is 16.7. The first-order valence-electron chi connectivity index (χ1n) is 10.8. The second-order valence-corrected chi connectivity index (χ2v) is 7.71. The highest BCUT2D eigenvalue weighted by atomic mass is 16.2. The highest BCUT2D eigenvalue weighted by Gasteiger charge is 2.26. The van der Waals surface area contributed by atoms with E-state index < -0.39 is 29.8 Å². The summed E-state index contributed by atoms with van der Waals surface area (Å²) < 4.78 is 0. The molecular weight excluding hydrogens is 450 g/mol. The number of carbonyl (C=O) groups excluding carboxylic acids is 3. The second kappa shape index (κ2) is 13.2. The summed E-state index contributed by atoms with van der Waals surface area (Å²) >= 11 is 0. The van der Waals surface area contributed by atoms with Crippen LogP contribution in [0.1, 0.15) is 28.8 Å². The van der Waals surface area contributed by atoms with E-state index in [0.717, 1.165) is 5.56 Å². The maximum Gasteiger partial charge on any atom is 0.251 e. The van der Waals surface area contributed by atoms with Gasteiger partial charge in [-0.25, -0.2) is 4.99 Å². The van der Waals surface area contributed by atoms with E-state index in [2.05, 4.69) is 20.6 Å². The summed E-state index contributed by atoms with van der Waals surface area (Å²) in [6, 6.07) is 13.3. The van der Waals surface area contributed by atoms with Gasteiger partial charge in [0.05, 0.1) is 5.69 Å². The van der Waals surface area contributed by atoms with Crippen LogP contribution in [-0.4, -0.2) is 48.3 Å². The Labute approximate surface area is 203 Å². The fraction of sp³-hybridized carbons (Fsp3) is 0.261. The average molecular weight is 482 g/mol. The lowest BCUT2D eigenvalue weighted by atomic mass is 10.0. The number of benzene rings is 2. The number of rotatable bonds is 12. The van der Waals surface area contributed by atoms with Crippen LogP contribution < -0.4 is 39.3 Å². The number of nitrogens with one attached hydrogen (secondary N) is 2. The minimum atomic E-state index is -0.990. The zero-order chi connectivity index (χ0) is 25.8. The standard InChI is InChI=1S/C23H31N9O3/c24-19(33)17(7-4-12-29-22(25)26)31-21(35)18(32-20(34)15-5-2-1-3-6-15)13-14-8-10-16(11-9-14)30-23(27)28/h1-3,5-6,8-11,17-18H,4,7,12-13H2,(H2,24,33)(H,31,35)(H,32,34)(H4,25,26,29)(H4,27,28,30)/t17-,18-/m0/s1. The van der Waals surface area contributed by atoms with E-state index in [1.165, 1.54) is 0 Å². The smallest absolute Gasteiger partial charge is 0.251 e. The molecule has 2 aromatic carbocycles. The molecule has 0 spiro atoms. The van der Waals surface area contributed by atoms with E-state index in [4.69, 9.17) is 28.7 Å². The molecule has 0 heterocycles. The monoisotopic (exact) mass is 481 g/mol. The number of nitrogens with zero attached hydrogens (tertiary/aromatic N) is 2. The van der Waals surface area contributed by atoms with Crippen LogP contribution in [0.3, 0.4) is 0 Å². The van der Waals surface area contributed by atoms with Gasteiger partial charge in [-0.3, -0.25) is 19.4 Å². The van der Waals surface area contributed by atoms with Gasteiger partial charge in [-0.2, -0.15) is 0 Å². The average Bonchev–Trinajstić information content (AvgIpc) is 2.81. The normalized spacial score (nSPS) is 12.0. The summed E-state index contributed by atoms with van der Waals surface area (Å²) in [7, 11) is 0. The fourth-order valence-electron chi connectivity index (χ4n) is 3.19. The van der Waals surface area contributed by atoms with Crippen LogP contribution in [0.15, 0.2) is 64.6 Å². The van der Waals surface area contributed by atoms with Crippen molar-refractivity contribution in [1.29, 1.82) is 0 Å². The van der Waals surface area contributed by atoms with Gasteiger partial charge in [0.2, 0.25) is 11.8 Å². The molecule has 2 aromatic rings.